The lowest BCUT2D eigenvalue weighted by molar-refractivity contribution is -0.121. The first-order valence-electron chi connectivity index (χ1n) is 9.00. The number of benzene rings is 1. The summed E-state index contributed by atoms with van der Waals surface area (Å²) in [5, 5.41) is 5.37. The van der Waals surface area contributed by atoms with E-state index in [-0.39, 0.29) is 18.1 Å². The van der Waals surface area contributed by atoms with Gasteiger partial charge in [-0.3, -0.25) is 9.69 Å². The number of amides is 1. The fraction of sp³-hybridized carbons (Fsp3) is 0.474. The summed E-state index contributed by atoms with van der Waals surface area (Å²) in [6.45, 7) is 6.17. The van der Waals surface area contributed by atoms with Crippen LogP contribution in [0.5, 0.6) is 11.5 Å². The molecule has 0 bridgehead atoms. The number of nitrogens with zero attached hydrogens (tertiary/aromatic N) is 2. The van der Waals surface area contributed by atoms with Gasteiger partial charge in [-0.2, -0.15) is 0 Å². The van der Waals surface area contributed by atoms with Gasteiger partial charge in [0.2, 0.25) is 5.91 Å². The largest absolute Gasteiger partial charge is 0.490 e. The van der Waals surface area contributed by atoms with Crippen LogP contribution in [0.25, 0.3) is 0 Å². The van der Waals surface area contributed by atoms with Crippen molar-refractivity contribution < 1.29 is 14.3 Å². The van der Waals surface area contributed by atoms with E-state index in [1.165, 1.54) is 11.3 Å². The van der Waals surface area contributed by atoms with Gasteiger partial charge in [-0.15, -0.1) is 11.3 Å². The predicted molar refractivity (Wildman–Crippen MR) is 103 cm³/mol. The average molecular weight is 375 g/mol. The summed E-state index contributed by atoms with van der Waals surface area (Å²) in [6.07, 6.45) is 3.60. The van der Waals surface area contributed by atoms with Gasteiger partial charge in [-0.25, -0.2) is 4.98 Å². The quantitative estimate of drug-likeness (QED) is 0.803. The molecule has 0 spiro atoms. The van der Waals surface area contributed by atoms with Crippen molar-refractivity contribution >= 4 is 22.4 Å². The summed E-state index contributed by atoms with van der Waals surface area (Å²) < 4.78 is 11.8. The molecule has 2 aromatic rings. The maximum Gasteiger partial charge on any atom is 0.243 e. The molecule has 140 valence electrons. The molecule has 1 N–H and O–H groups in total. The SMILES string of the molecule is CCOc1ccccc1OC1CCN([C@H](C)C(=O)Nc2nccs2)CC1. The molecule has 0 unspecified atom stereocenters. The Morgan fingerprint density at radius 3 is 2.73 bits per heavy atom. The third kappa shape index (κ3) is 4.74. The van der Waals surface area contributed by atoms with Crippen LogP contribution in [0.15, 0.2) is 35.8 Å². The third-order valence-electron chi connectivity index (χ3n) is 4.51. The van der Waals surface area contributed by atoms with E-state index in [0.29, 0.717) is 11.7 Å². The first kappa shape index (κ1) is 18.7. The Hall–Kier alpha value is -2.12. The second-order valence-electron chi connectivity index (χ2n) is 6.24. The Kier molecular flexibility index (Phi) is 6.46. The van der Waals surface area contributed by atoms with Gasteiger partial charge < -0.3 is 14.8 Å². The summed E-state index contributed by atoms with van der Waals surface area (Å²) in [4.78, 5) is 18.7. The number of carbonyl (C=O) groups is 1. The fourth-order valence-corrected chi connectivity index (χ4v) is 3.58. The van der Waals surface area contributed by atoms with E-state index in [1.807, 2.05) is 43.5 Å². The van der Waals surface area contributed by atoms with Crippen LogP contribution in [-0.4, -0.2) is 47.6 Å². The summed E-state index contributed by atoms with van der Waals surface area (Å²) in [5.74, 6) is 1.57. The van der Waals surface area contributed by atoms with Crippen molar-refractivity contribution in [2.75, 3.05) is 25.0 Å². The van der Waals surface area contributed by atoms with E-state index in [1.54, 1.807) is 6.20 Å². The lowest BCUT2D eigenvalue weighted by Crippen LogP contribution is -2.47. The van der Waals surface area contributed by atoms with Gasteiger partial charge in [0.05, 0.1) is 12.6 Å². The second-order valence-corrected chi connectivity index (χ2v) is 7.13. The van der Waals surface area contributed by atoms with Gasteiger partial charge in [0.15, 0.2) is 16.6 Å². The highest BCUT2D eigenvalue weighted by atomic mass is 32.1. The summed E-state index contributed by atoms with van der Waals surface area (Å²) in [7, 11) is 0. The number of aromatic nitrogens is 1. The molecule has 1 aliphatic heterocycles. The number of carbonyl (C=O) groups excluding carboxylic acids is 1. The Balaban J connectivity index is 1.50. The van der Waals surface area contributed by atoms with E-state index in [2.05, 4.69) is 15.2 Å². The van der Waals surface area contributed by atoms with Crippen LogP contribution in [0.3, 0.4) is 0 Å². The number of hydrogen-bond acceptors (Lipinski definition) is 6. The highest BCUT2D eigenvalue weighted by Crippen LogP contribution is 2.29. The molecule has 0 saturated carbocycles. The van der Waals surface area contributed by atoms with Crippen LogP contribution >= 0.6 is 11.3 Å². The van der Waals surface area contributed by atoms with Crippen LogP contribution in [0.4, 0.5) is 5.13 Å². The number of para-hydroxylation sites is 2. The van der Waals surface area contributed by atoms with Crippen LogP contribution in [-0.2, 0) is 4.79 Å². The van der Waals surface area contributed by atoms with E-state index in [0.717, 1.165) is 37.4 Å². The highest BCUT2D eigenvalue weighted by Gasteiger charge is 2.28. The topological polar surface area (TPSA) is 63.7 Å². The zero-order chi connectivity index (χ0) is 18.4. The van der Waals surface area contributed by atoms with Crippen LogP contribution < -0.4 is 14.8 Å². The van der Waals surface area contributed by atoms with Gasteiger partial charge in [0.25, 0.3) is 0 Å². The zero-order valence-electron chi connectivity index (χ0n) is 15.2. The molecular formula is C19H25N3O3S. The van der Waals surface area contributed by atoms with Crippen molar-refractivity contribution in [3.8, 4) is 11.5 Å². The molecule has 0 radical (unpaired) electrons. The minimum atomic E-state index is -0.185. The molecule has 1 aromatic heterocycles. The maximum atomic E-state index is 12.4. The van der Waals surface area contributed by atoms with Crippen LogP contribution in [0.1, 0.15) is 26.7 Å². The van der Waals surface area contributed by atoms with E-state index in [4.69, 9.17) is 9.47 Å². The summed E-state index contributed by atoms with van der Waals surface area (Å²) in [5.41, 5.74) is 0. The van der Waals surface area contributed by atoms with Crippen molar-refractivity contribution in [1.82, 2.24) is 9.88 Å². The molecule has 7 heteroatoms. The minimum absolute atomic E-state index is 0.0130. The lowest BCUT2D eigenvalue weighted by atomic mass is 10.1. The minimum Gasteiger partial charge on any atom is -0.490 e. The summed E-state index contributed by atoms with van der Waals surface area (Å²) in [6, 6.07) is 7.59. The third-order valence-corrected chi connectivity index (χ3v) is 5.20. The fourth-order valence-electron chi connectivity index (χ4n) is 3.04. The number of nitrogens with one attached hydrogen (secondary N) is 1. The first-order valence-corrected chi connectivity index (χ1v) is 9.88. The monoisotopic (exact) mass is 375 g/mol. The molecule has 1 amide bonds. The van der Waals surface area contributed by atoms with Crippen molar-refractivity contribution in [3.05, 3.63) is 35.8 Å². The smallest absolute Gasteiger partial charge is 0.243 e. The average Bonchev–Trinajstić information content (AvgIpc) is 3.16. The number of thiazole rings is 1. The Morgan fingerprint density at radius 2 is 2.08 bits per heavy atom. The number of piperidine rings is 1. The number of rotatable bonds is 7. The van der Waals surface area contributed by atoms with Gasteiger partial charge in [0, 0.05) is 24.7 Å². The summed E-state index contributed by atoms with van der Waals surface area (Å²) >= 11 is 1.43. The molecule has 2 heterocycles. The number of anilines is 1. The molecule has 1 aliphatic rings. The van der Waals surface area contributed by atoms with E-state index in [9.17, 15) is 4.79 Å². The van der Waals surface area contributed by atoms with E-state index < -0.39 is 0 Å². The second kappa shape index (κ2) is 9.00. The van der Waals surface area contributed by atoms with Gasteiger partial charge in [0.1, 0.15) is 6.10 Å². The van der Waals surface area contributed by atoms with Crippen molar-refractivity contribution in [3.63, 3.8) is 0 Å². The number of likely N-dealkylation sites (tertiary alicyclic amines) is 1. The van der Waals surface area contributed by atoms with Gasteiger partial charge in [-0.05, 0) is 38.8 Å². The Labute approximate surface area is 158 Å². The van der Waals surface area contributed by atoms with Gasteiger partial charge >= 0.3 is 0 Å². The Morgan fingerprint density at radius 1 is 1.35 bits per heavy atom. The molecule has 26 heavy (non-hydrogen) atoms. The molecule has 1 atom stereocenters. The number of hydrogen-bond donors (Lipinski definition) is 1. The molecule has 0 aliphatic carbocycles. The van der Waals surface area contributed by atoms with Crippen molar-refractivity contribution in [2.24, 2.45) is 0 Å². The number of ether oxygens (including phenoxy) is 2. The molecule has 1 aromatic carbocycles. The standard InChI is InChI=1S/C19H25N3O3S/c1-3-24-16-6-4-5-7-17(16)25-15-8-11-22(12-9-15)14(2)18(23)21-19-20-10-13-26-19/h4-7,10,13-15H,3,8-9,11-12H2,1-2H3,(H,20,21,23)/t14-/m1/s1. The van der Waals surface area contributed by atoms with Gasteiger partial charge in [-0.1, -0.05) is 12.1 Å². The predicted octanol–water partition coefficient (Wildman–Crippen LogP) is 3.41. The maximum absolute atomic E-state index is 12.4. The van der Waals surface area contributed by atoms with Crippen LogP contribution in [0.2, 0.25) is 0 Å². The first-order chi connectivity index (χ1) is 12.7. The zero-order valence-corrected chi connectivity index (χ0v) is 16.0. The van der Waals surface area contributed by atoms with Crippen molar-refractivity contribution in [2.45, 2.75) is 38.8 Å². The molecule has 1 fully saturated rings. The molecule has 1 saturated heterocycles. The molecular weight excluding hydrogens is 350 g/mol. The van der Waals surface area contributed by atoms with E-state index >= 15 is 0 Å². The Bertz CT molecular complexity index is 700. The molecule has 6 nitrogen and oxygen atoms in total. The normalized spacial score (nSPS) is 16.8. The highest BCUT2D eigenvalue weighted by molar-refractivity contribution is 7.13. The van der Waals surface area contributed by atoms with Crippen molar-refractivity contribution in [1.29, 1.82) is 0 Å². The lowest BCUT2D eigenvalue weighted by Gasteiger charge is -2.35. The van der Waals surface area contributed by atoms with Crippen LogP contribution in [0, 0.1) is 0 Å². The molecule has 3 rings (SSSR count).